The molecule has 27 heavy (non-hydrogen) atoms. The standard InChI is InChI=1S/C17H18FN5O3S/c1-2-14(11-3-5-12(18)6-4-11)23-9-13(20-21-23)16(25)19-7-8-22-15(24)10-27-17(22)26/h3-6,9,14H,2,7-8,10H2,1H3,(H,19,25)/t14-/m0/s1. The Labute approximate surface area is 159 Å². The van der Waals surface area contributed by atoms with Gasteiger partial charge in [-0.2, -0.15) is 0 Å². The van der Waals surface area contributed by atoms with Crippen LogP contribution in [0.5, 0.6) is 0 Å². The number of amides is 3. The molecule has 0 spiro atoms. The second-order valence-electron chi connectivity index (χ2n) is 5.92. The van der Waals surface area contributed by atoms with E-state index in [1.54, 1.807) is 16.8 Å². The summed E-state index contributed by atoms with van der Waals surface area (Å²) in [6.07, 6.45) is 2.21. The van der Waals surface area contributed by atoms with Gasteiger partial charge in [-0.15, -0.1) is 5.10 Å². The van der Waals surface area contributed by atoms with Gasteiger partial charge in [-0.3, -0.25) is 19.3 Å². The van der Waals surface area contributed by atoms with Crippen molar-refractivity contribution in [3.05, 3.63) is 47.5 Å². The van der Waals surface area contributed by atoms with Crippen molar-refractivity contribution in [3.63, 3.8) is 0 Å². The Morgan fingerprint density at radius 3 is 2.70 bits per heavy atom. The average Bonchev–Trinajstić information content (AvgIpc) is 3.26. The van der Waals surface area contributed by atoms with Crippen molar-refractivity contribution in [1.82, 2.24) is 25.2 Å². The molecule has 1 aliphatic heterocycles. The van der Waals surface area contributed by atoms with Crippen molar-refractivity contribution in [1.29, 1.82) is 0 Å². The number of imide groups is 1. The molecule has 3 amide bonds. The maximum atomic E-state index is 13.1. The van der Waals surface area contributed by atoms with Crippen LogP contribution in [0.1, 0.15) is 35.4 Å². The SMILES string of the molecule is CC[C@@H](c1ccc(F)cc1)n1cc(C(=O)NCCN2C(=O)CSC2=O)nn1. The number of carbonyl (C=O) groups excluding carboxylic acids is 3. The van der Waals surface area contributed by atoms with E-state index in [1.807, 2.05) is 6.92 Å². The van der Waals surface area contributed by atoms with Gasteiger partial charge in [0, 0.05) is 13.1 Å². The molecular formula is C17H18FN5O3S. The highest BCUT2D eigenvalue weighted by atomic mass is 32.2. The first-order valence-electron chi connectivity index (χ1n) is 8.42. The predicted molar refractivity (Wildman–Crippen MR) is 96.8 cm³/mol. The second kappa shape index (κ2) is 8.30. The summed E-state index contributed by atoms with van der Waals surface area (Å²) < 4.78 is 14.7. The fourth-order valence-corrected chi connectivity index (χ4v) is 3.51. The highest BCUT2D eigenvalue weighted by molar-refractivity contribution is 8.14. The van der Waals surface area contributed by atoms with Crippen LogP contribution in [0.25, 0.3) is 0 Å². The second-order valence-corrected chi connectivity index (χ2v) is 6.84. The van der Waals surface area contributed by atoms with Gasteiger partial charge in [-0.05, 0) is 24.1 Å². The first kappa shape index (κ1) is 19.0. The molecule has 1 aliphatic rings. The van der Waals surface area contributed by atoms with E-state index in [0.717, 1.165) is 22.2 Å². The molecule has 1 saturated heterocycles. The van der Waals surface area contributed by atoms with Crippen LogP contribution < -0.4 is 5.32 Å². The van der Waals surface area contributed by atoms with E-state index in [4.69, 9.17) is 0 Å². The van der Waals surface area contributed by atoms with Crippen LogP contribution in [0.2, 0.25) is 0 Å². The minimum atomic E-state index is -0.443. The van der Waals surface area contributed by atoms with Crippen LogP contribution in [0, 0.1) is 5.82 Å². The lowest BCUT2D eigenvalue weighted by atomic mass is 10.0. The highest BCUT2D eigenvalue weighted by Crippen LogP contribution is 2.21. The van der Waals surface area contributed by atoms with Gasteiger partial charge in [0.15, 0.2) is 5.69 Å². The third-order valence-electron chi connectivity index (χ3n) is 4.17. The Balaban J connectivity index is 1.60. The number of nitrogens with zero attached hydrogens (tertiary/aromatic N) is 4. The van der Waals surface area contributed by atoms with Crippen molar-refractivity contribution in [2.45, 2.75) is 19.4 Å². The normalized spacial score (nSPS) is 15.3. The molecule has 0 unspecified atom stereocenters. The van der Waals surface area contributed by atoms with Crippen molar-refractivity contribution in [3.8, 4) is 0 Å². The number of aromatic nitrogens is 3. The third kappa shape index (κ3) is 4.33. The summed E-state index contributed by atoms with van der Waals surface area (Å²) in [5.41, 5.74) is 0.989. The Bertz CT molecular complexity index is 839. The fraction of sp³-hybridized carbons (Fsp3) is 0.353. The zero-order valence-electron chi connectivity index (χ0n) is 14.6. The summed E-state index contributed by atoms with van der Waals surface area (Å²) in [6, 6.07) is 5.93. The smallest absolute Gasteiger partial charge is 0.288 e. The van der Waals surface area contributed by atoms with Crippen LogP contribution in [-0.2, 0) is 4.79 Å². The molecule has 0 radical (unpaired) electrons. The largest absolute Gasteiger partial charge is 0.349 e. The number of hydrogen-bond donors (Lipinski definition) is 1. The maximum absolute atomic E-state index is 13.1. The van der Waals surface area contributed by atoms with Gasteiger partial charge >= 0.3 is 0 Å². The molecule has 3 rings (SSSR count). The van der Waals surface area contributed by atoms with Gasteiger partial charge in [0.2, 0.25) is 5.91 Å². The zero-order chi connectivity index (χ0) is 19.4. The van der Waals surface area contributed by atoms with Crippen molar-refractivity contribution in [2.75, 3.05) is 18.8 Å². The number of thioether (sulfide) groups is 1. The molecule has 1 atom stereocenters. The van der Waals surface area contributed by atoms with Gasteiger partial charge in [0.1, 0.15) is 5.82 Å². The average molecular weight is 391 g/mol. The number of carbonyl (C=O) groups is 3. The molecule has 1 fully saturated rings. The van der Waals surface area contributed by atoms with Crippen LogP contribution in [0.3, 0.4) is 0 Å². The first-order chi connectivity index (χ1) is 13.0. The molecule has 8 nitrogen and oxygen atoms in total. The topological polar surface area (TPSA) is 97.2 Å². The first-order valence-corrected chi connectivity index (χ1v) is 9.40. The number of rotatable bonds is 7. The summed E-state index contributed by atoms with van der Waals surface area (Å²) >= 11 is 0.952. The van der Waals surface area contributed by atoms with Gasteiger partial charge in [-0.1, -0.05) is 36.0 Å². The molecule has 1 aromatic carbocycles. The molecular weight excluding hydrogens is 373 g/mol. The summed E-state index contributed by atoms with van der Waals surface area (Å²) in [6.45, 7) is 2.22. The molecule has 1 aromatic heterocycles. The highest BCUT2D eigenvalue weighted by Gasteiger charge is 2.29. The number of halogens is 1. The van der Waals surface area contributed by atoms with E-state index < -0.39 is 5.91 Å². The quantitative estimate of drug-likeness (QED) is 0.774. The number of benzene rings is 1. The van der Waals surface area contributed by atoms with Crippen molar-refractivity contribution < 1.29 is 18.8 Å². The van der Waals surface area contributed by atoms with Gasteiger partial charge in [0.25, 0.3) is 11.1 Å². The zero-order valence-corrected chi connectivity index (χ0v) is 15.4. The van der Waals surface area contributed by atoms with Crippen molar-refractivity contribution in [2.24, 2.45) is 0 Å². The minimum absolute atomic E-state index is 0.123. The fourth-order valence-electron chi connectivity index (χ4n) is 2.76. The molecule has 0 aliphatic carbocycles. The van der Waals surface area contributed by atoms with Crippen LogP contribution in [0.15, 0.2) is 30.5 Å². The van der Waals surface area contributed by atoms with Gasteiger partial charge in [-0.25, -0.2) is 9.07 Å². The summed E-state index contributed by atoms with van der Waals surface area (Å²) in [7, 11) is 0. The molecule has 2 heterocycles. The molecule has 142 valence electrons. The molecule has 0 bridgehead atoms. The summed E-state index contributed by atoms with van der Waals surface area (Å²) in [5, 5.41) is 10.2. The van der Waals surface area contributed by atoms with E-state index in [9.17, 15) is 18.8 Å². The minimum Gasteiger partial charge on any atom is -0.349 e. The lowest BCUT2D eigenvalue weighted by molar-refractivity contribution is -0.124. The van der Waals surface area contributed by atoms with E-state index >= 15 is 0 Å². The van der Waals surface area contributed by atoms with E-state index in [-0.39, 0.29) is 47.5 Å². The van der Waals surface area contributed by atoms with Gasteiger partial charge in [0.05, 0.1) is 18.0 Å². The molecule has 1 N–H and O–H groups in total. The lowest BCUT2D eigenvalue weighted by Crippen LogP contribution is -2.37. The molecule has 2 aromatic rings. The Kier molecular flexibility index (Phi) is 5.84. The van der Waals surface area contributed by atoms with E-state index in [1.165, 1.54) is 18.3 Å². The van der Waals surface area contributed by atoms with Crippen molar-refractivity contribution >= 4 is 28.8 Å². The number of hydrogen-bond acceptors (Lipinski definition) is 6. The predicted octanol–water partition coefficient (Wildman–Crippen LogP) is 1.84. The van der Waals surface area contributed by atoms with E-state index in [2.05, 4.69) is 15.6 Å². The number of nitrogens with one attached hydrogen (secondary N) is 1. The van der Waals surface area contributed by atoms with Crippen LogP contribution >= 0.6 is 11.8 Å². The molecule has 10 heteroatoms. The Morgan fingerprint density at radius 1 is 1.33 bits per heavy atom. The van der Waals surface area contributed by atoms with Crippen LogP contribution in [0.4, 0.5) is 9.18 Å². The summed E-state index contributed by atoms with van der Waals surface area (Å²) in [4.78, 5) is 36.4. The molecule has 0 saturated carbocycles. The maximum Gasteiger partial charge on any atom is 0.288 e. The summed E-state index contributed by atoms with van der Waals surface area (Å²) in [5.74, 6) is -0.874. The van der Waals surface area contributed by atoms with Gasteiger partial charge < -0.3 is 5.32 Å². The Morgan fingerprint density at radius 2 is 2.07 bits per heavy atom. The third-order valence-corrected chi connectivity index (χ3v) is 5.02. The Hall–Kier alpha value is -2.75. The van der Waals surface area contributed by atoms with Crippen LogP contribution in [-0.4, -0.2) is 55.8 Å². The monoisotopic (exact) mass is 391 g/mol. The lowest BCUT2D eigenvalue weighted by Gasteiger charge is -2.15. The van der Waals surface area contributed by atoms with E-state index in [0.29, 0.717) is 6.42 Å².